The molecule has 1 aliphatic rings. The Morgan fingerprint density at radius 2 is 1.18 bits per heavy atom. The molecule has 0 aliphatic heterocycles. The van der Waals surface area contributed by atoms with E-state index in [1.807, 2.05) is 40.7 Å². The molecule has 0 atom stereocenters. The standard InChI is InChI=1S/C13H9F2.C9H11FO.C5H9.2C2H6.CH4S.CH3.Cd/c1-9-12(14)7-11(8-13(9)15)10-5-3-2-4-6-10;1-6-4-8(11-3)5-9(10)7(6)2;1-2-4-5-3-1;3*1-2;;/h3-8H,1H3;4-5H,1-3H3;1H,2-5H2;2*1-2H3;2H,1H3;1H3;/q-1;;-1;;;;-1;. The van der Waals surface area contributed by atoms with E-state index >= 15 is 0 Å². The summed E-state index contributed by atoms with van der Waals surface area (Å²) in [5, 5.41) is 0. The predicted molar refractivity (Wildman–Crippen MR) is 165 cm³/mol. The zero-order chi connectivity index (χ0) is 28.8. The van der Waals surface area contributed by atoms with Crippen LogP contribution in [0.25, 0.3) is 11.1 Å². The molecule has 1 fully saturated rings. The molecule has 0 saturated heterocycles. The van der Waals surface area contributed by atoms with Crippen molar-refractivity contribution < 1.29 is 45.2 Å². The molecule has 218 valence electrons. The van der Waals surface area contributed by atoms with Crippen LogP contribution in [-0.4, -0.2) is 13.4 Å². The van der Waals surface area contributed by atoms with Crippen molar-refractivity contribution in [2.45, 2.75) is 74.1 Å². The first kappa shape index (κ1) is 44.5. The quantitative estimate of drug-likeness (QED) is 0.163. The van der Waals surface area contributed by atoms with Gasteiger partial charge in [-0.15, -0.1) is 5.56 Å². The van der Waals surface area contributed by atoms with E-state index in [4.69, 9.17) is 4.74 Å². The van der Waals surface area contributed by atoms with E-state index < -0.39 is 11.6 Å². The third-order valence-electron chi connectivity index (χ3n) is 5.21. The Bertz CT molecular complexity index is 924. The van der Waals surface area contributed by atoms with Gasteiger partial charge in [-0.3, -0.25) is 0 Å². The van der Waals surface area contributed by atoms with E-state index in [-0.39, 0.29) is 46.1 Å². The monoisotopic (exact) mass is 663 g/mol. The number of hydrogen-bond donors (Lipinski definition) is 1. The van der Waals surface area contributed by atoms with Crippen molar-refractivity contribution in [1.82, 2.24) is 0 Å². The van der Waals surface area contributed by atoms with E-state index in [0.29, 0.717) is 16.9 Å². The topological polar surface area (TPSA) is 9.23 Å². The van der Waals surface area contributed by atoms with Gasteiger partial charge >= 0.3 is 0 Å². The van der Waals surface area contributed by atoms with Gasteiger partial charge in [0, 0.05) is 38.9 Å². The molecule has 0 bridgehead atoms. The van der Waals surface area contributed by atoms with Crippen LogP contribution in [0.4, 0.5) is 13.2 Å². The molecule has 39 heavy (non-hydrogen) atoms. The average molecular weight is 662 g/mol. The molecule has 0 unspecified atom stereocenters. The number of methoxy groups -OCH3 is 1. The fourth-order valence-corrected chi connectivity index (χ4v) is 3.02. The van der Waals surface area contributed by atoms with Crippen LogP contribution in [0.5, 0.6) is 5.75 Å². The van der Waals surface area contributed by atoms with Gasteiger partial charge in [0.05, 0.1) is 7.11 Å². The summed E-state index contributed by atoms with van der Waals surface area (Å²) >= 11 is 3.53. The van der Waals surface area contributed by atoms with Gasteiger partial charge in [-0.05, 0) is 61.9 Å². The zero-order valence-corrected chi connectivity index (χ0v) is 30.7. The molecule has 0 spiro atoms. The van der Waals surface area contributed by atoms with Gasteiger partial charge in [0.15, 0.2) is 0 Å². The van der Waals surface area contributed by atoms with Gasteiger partial charge in [-0.25, -0.2) is 13.2 Å². The van der Waals surface area contributed by atoms with Crippen molar-refractivity contribution in [2.75, 3.05) is 13.4 Å². The van der Waals surface area contributed by atoms with Crippen LogP contribution in [-0.2, 0) is 27.3 Å². The smallest absolute Gasteiger partial charge is 0.130 e. The van der Waals surface area contributed by atoms with Gasteiger partial charge in [-0.1, -0.05) is 40.5 Å². The molecule has 1 nitrogen and oxygen atoms in total. The van der Waals surface area contributed by atoms with E-state index in [1.165, 1.54) is 57.9 Å². The Kier molecular flexibility index (Phi) is 32.1. The normalized spacial score (nSPS) is 10.3. The maximum Gasteiger partial charge on any atom is 0.130 e. The molecule has 3 aromatic rings. The molecule has 1 aliphatic carbocycles. The molecule has 6 heteroatoms. The van der Waals surface area contributed by atoms with Crippen LogP contribution in [0.3, 0.4) is 0 Å². The minimum atomic E-state index is -0.516. The summed E-state index contributed by atoms with van der Waals surface area (Å²) in [6.45, 7) is 13.0. The largest absolute Gasteiger partial charge is 0.497 e. The molecule has 4 rings (SSSR count). The van der Waals surface area contributed by atoms with Crippen LogP contribution >= 0.6 is 12.6 Å². The van der Waals surface area contributed by atoms with Gasteiger partial charge in [0.25, 0.3) is 0 Å². The minimum absolute atomic E-state index is 0. The molecule has 0 amide bonds. The Morgan fingerprint density at radius 3 is 1.54 bits per heavy atom. The Balaban J connectivity index is -0.000000225. The van der Waals surface area contributed by atoms with E-state index in [1.54, 1.807) is 37.4 Å². The molecule has 0 aromatic heterocycles. The second-order valence-electron chi connectivity index (χ2n) is 7.48. The van der Waals surface area contributed by atoms with E-state index in [2.05, 4.69) is 25.1 Å². The van der Waals surface area contributed by atoms with Gasteiger partial charge in [0.2, 0.25) is 0 Å². The van der Waals surface area contributed by atoms with Crippen LogP contribution in [0.15, 0.2) is 48.5 Å². The summed E-state index contributed by atoms with van der Waals surface area (Å²) in [4.78, 5) is 0. The number of aryl methyl sites for hydroxylation is 1. The summed E-state index contributed by atoms with van der Waals surface area (Å²) in [5.41, 5.74) is 2.99. The summed E-state index contributed by atoms with van der Waals surface area (Å²) in [6, 6.07) is 15.7. The number of hydrogen-bond acceptors (Lipinski definition) is 2. The number of benzene rings is 3. The third-order valence-corrected chi connectivity index (χ3v) is 5.21. The Morgan fingerprint density at radius 1 is 0.744 bits per heavy atom. The van der Waals surface area contributed by atoms with Crippen LogP contribution in [0.2, 0.25) is 0 Å². The van der Waals surface area contributed by atoms with Gasteiger partial charge < -0.3 is 18.6 Å². The summed E-state index contributed by atoms with van der Waals surface area (Å²) in [5.74, 6) is -0.664. The molecule has 0 radical (unpaired) electrons. The van der Waals surface area contributed by atoms with Crippen molar-refractivity contribution in [1.29, 1.82) is 0 Å². The molecule has 0 heterocycles. The number of rotatable bonds is 2. The number of ether oxygens (including phenoxy) is 1. The van der Waals surface area contributed by atoms with Crippen LogP contribution in [0, 0.1) is 58.1 Å². The van der Waals surface area contributed by atoms with Crippen molar-refractivity contribution in [3.05, 3.63) is 103 Å². The van der Waals surface area contributed by atoms with Crippen molar-refractivity contribution in [3.63, 3.8) is 0 Å². The Labute approximate surface area is 263 Å². The first-order valence-corrected chi connectivity index (χ1v) is 13.7. The second kappa shape index (κ2) is 28.1. The minimum Gasteiger partial charge on any atom is -0.497 e. The van der Waals surface area contributed by atoms with Gasteiger partial charge in [-0.2, -0.15) is 55.8 Å². The predicted octanol–water partition coefficient (Wildman–Crippen LogP) is 11.0. The van der Waals surface area contributed by atoms with E-state index in [9.17, 15) is 13.2 Å². The second-order valence-corrected chi connectivity index (χ2v) is 7.48. The van der Waals surface area contributed by atoms with Crippen LogP contribution < -0.4 is 4.74 Å². The van der Waals surface area contributed by atoms with Gasteiger partial charge in [0.1, 0.15) is 23.2 Å². The van der Waals surface area contributed by atoms with Crippen molar-refractivity contribution >= 4 is 12.6 Å². The molecule has 1 saturated carbocycles. The first-order valence-electron chi connectivity index (χ1n) is 12.8. The summed E-state index contributed by atoms with van der Waals surface area (Å²) in [7, 11) is 1.53. The molecule has 3 aromatic carbocycles. The SMILES string of the molecule is CC.CC.COc1cc(C)c(C)c(F)c1.CS.Cc1c(F)cc(-c2cc[c-]cc2)cc1F.[CH-]1CCCC1.[CH3-].[Cd]. The Hall–Kier alpha value is -1.48. The number of halogens is 3. The molecular weight excluding hydrogens is 614 g/mol. The number of thiol groups is 1. The fourth-order valence-electron chi connectivity index (χ4n) is 3.02. The average Bonchev–Trinajstić information content (AvgIpc) is 3.54. The molecule has 0 N–H and O–H groups in total. The van der Waals surface area contributed by atoms with Crippen LogP contribution in [0.1, 0.15) is 70.1 Å². The van der Waals surface area contributed by atoms with Crippen molar-refractivity contribution in [2.24, 2.45) is 0 Å². The maximum atomic E-state index is 13.3. The van der Waals surface area contributed by atoms with Crippen molar-refractivity contribution in [3.8, 4) is 16.9 Å². The summed E-state index contributed by atoms with van der Waals surface area (Å²) in [6.07, 6.45) is 9.69. The zero-order valence-electron chi connectivity index (χ0n) is 25.7. The van der Waals surface area contributed by atoms with E-state index in [0.717, 1.165) is 11.1 Å². The fraction of sp³-hybridized carbons (Fsp3) is 0.394. The maximum absolute atomic E-state index is 13.3. The summed E-state index contributed by atoms with van der Waals surface area (Å²) < 4.78 is 44.4. The first-order chi connectivity index (χ1) is 17.8. The molecular formula is C33H48CdF3OS-3. The third kappa shape index (κ3) is 17.7.